The number of halogens is 1. The average Bonchev–Trinajstić information content (AvgIpc) is 2.93. The summed E-state index contributed by atoms with van der Waals surface area (Å²) in [5, 5.41) is 22.5. The van der Waals surface area contributed by atoms with Crippen LogP contribution in [0.2, 0.25) is 5.02 Å². The first-order chi connectivity index (χ1) is 18.0. The number of allylic oxidation sites excluding steroid dienone is 2. The van der Waals surface area contributed by atoms with E-state index < -0.39 is 17.0 Å². The molecule has 2 aliphatic rings. The van der Waals surface area contributed by atoms with Crippen molar-refractivity contribution in [3.05, 3.63) is 116 Å². The van der Waals surface area contributed by atoms with Crippen LogP contribution in [0.4, 0.5) is 0 Å². The Kier molecular flexibility index (Phi) is 5.33. The van der Waals surface area contributed by atoms with Crippen molar-refractivity contribution in [1.82, 2.24) is 0 Å². The number of hydrogen-bond acceptors (Lipinski definition) is 5. The number of fused-ring (bicyclic) bond motifs is 6. The maximum Gasteiger partial charge on any atom is 0.340 e. The molecule has 37 heavy (non-hydrogen) atoms. The first kappa shape index (κ1) is 23.0. The molecule has 1 atom stereocenters. The van der Waals surface area contributed by atoms with E-state index in [0.29, 0.717) is 40.1 Å². The zero-order valence-corrected chi connectivity index (χ0v) is 20.4. The Balaban J connectivity index is 1.69. The predicted octanol–water partition coefficient (Wildman–Crippen LogP) is 6.71. The molecule has 6 rings (SSSR count). The van der Waals surface area contributed by atoms with Gasteiger partial charge in [0.05, 0.1) is 17.7 Å². The molecule has 3 aromatic carbocycles. The van der Waals surface area contributed by atoms with Gasteiger partial charge in [0.1, 0.15) is 5.58 Å². The van der Waals surface area contributed by atoms with E-state index >= 15 is 0 Å². The lowest BCUT2D eigenvalue weighted by atomic mass is 9.57. The number of para-hydroxylation sites is 1. The van der Waals surface area contributed by atoms with Crippen molar-refractivity contribution in [3.63, 3.8) is 0 Å². The van der Waals surface area contributed by atoms with Crippen LogP contribution in [0.5, 0.6) is 0 Å². The highest BCUT2D eigenvalue weighted by Gasteiger charge is 2.53. The summed E-state index contributed by atoms with van der Waals surface area (Å²) in [5.41, 5.74) is 2.61. The minimum Gasteiger partial charge on any atom is -0.422 e. The summed E-state index contributed by atoms with van der Waals surface area (Å²) in [7, 11) is 0. The van der Waals surface area contributed by atoms with E-state index in [1.807, 2.05) is 36.4 Å². The normalized spacial score (nSPS) is 17.2. The Morgan fingerprint density at radius 3 is 2.43 bits per heavy atom. The molecule has 0 bridgehead atoms. The highest BCUT2D eigenvalue weighted by atomic mass is 35.5. The Hall–Kier alpha value is -4.45. The van der Waals surface area contributed by atoms with Gasteiger partial charge in [-0.1, -0.05) is 54.1 Å². The first-order valence-electron chi connectivity index (χ1n) is 12.0. The Morgan fingerprint density at radius 2 is 1.68 bits per heavy atom. The molecule has 1 heterocycles. The standard InChI is InChI=1S/C31H19ClN2O3/c32-20-12-9-19(10-13-20)25(35)15-24-28-27(22-7-3-4-8-26(22)37-30(28)36)23-14-11-18-5-1-2-6-21(18)29(23)31(24,16-33)17-34/h1-10,12-13,24H,11,14-15H2. The van der Waals surface area contributed by atoms with Gasteiger partial charge < -0.3 is 4.42 Å². The smallest absolute Gasteiger partial charge is 0.340 e. The summed E-state index contributed by atoms with van der Waals surface area (Å²) >= 11 is 6.01. The monoisotopic (exact) mass is 502 g/mol. The highest BCUT2D eigenvalue weighted by Crippen LogP contribution is 2.59. The molecule has 0 N–H and O–H groups in total. The van der Waals surface area contributed by atoms with Gasteiger partial charge in [0.2, 0.25) is 0 Å². The van der Waals surface area contributed by atoms with Crippen LogP contribution in [0.1, 0.15) is 51.4 Å². The van der Waals surface area contributed by atoms with Gasteiger partial charge in [-0.3, -0.25) is 4.79 Å². The number of nitriles is 2. The van der Waals surface area contributed by atoms with E-state index in [4.69, 9.17) is 16.0 Å². The number of Topliss-reactive ketones (excluding diaryl/α,β-unsaturated/α-hetero) is 1. The molecule has 1 unspecified atom stereocenters. The molecule has 0 spiro atoms. The summed E-state index contributed by atoms with van der Waals surface area (Å²) < 4.78 is 5.70. The maximum absolute atomic E-state index is 13.6. The van der Waals surface area contributed by atoms with Crippen molar-refractivity contribution in [2.24, 2.45) is 5.41 Å². The van der Waals surface area contributed by atoms with Gasteiger partial charge in [-0.05, 0) is 71.0 Å². The van der Waals surface area contributed by atoms with Crippen molar-refractivity contribution < 1.29 is 9.21 Å². The topological polar surface area (TPSA) is 94.9 Å². The van der Waals surface area contributed by atoms with Crippen molar-refractivity contribution in [2.75, 3.05) is 0 Å². The first-order valence-corrected chi connectivity index (χ1v) is 12.4. The van der Waals surface area contributed by atoms with E-state index in [0.717, 1.165) is 22.1 Å². The molecular weight excluding hydrogens is 484 g/mol. The quantitative estimate of drug-likeness (QED) is 0.229. The Labute approximate surface area is 217 Å². The number of carbonyl (C=O) groups excluding carboxylic acids is 1. The third-order valence-electron chi connectivity index (χ3n) is 7.56. The van der Waals surface area contributed by atoms with Crippen molar-refractivity contribution in [2.45, 2.75) is 25.2 Å². The summed E-state index contributed by atoms with van der Waals surface area (Å²) in [4.78, 5) is 27.1. The third kappa shape index (κ3) is 3.36. The molecule has 2 aliphatic carbocycles. The lowest BCUT2D eigenvalue weighted by molar-refractivity contribution is 0.0966. The molecular formula is C31H19ClN2O3. The molecule has 0 saturated heterocycles. The van der Waals surface area contributed by atoms with Crippen molar-refractivity contribution in [3.8, 4) is 12.1 Å². The number of ketones is 1. The summed E-state index contributed by atoms with van der Waals surface area (Å²) in [6.45, 7) is 0. The fraction of sp³-hybridized carbons (Fsp3) is 0.161. The second-order valence-electron chi connectivity index (χ2n) is 9.40. The van der Waals surface area contributed by atoms with Crippen molar-refractivity contribution >= 4 is 39.5 Å². The second kappa shape index (κ2) is 8.59. The van der Waals surface area contributed by atoms with Crippen LogP contribution in [0.15, 0.2) is 82.0 Å². The van der Waals surface area contributed by atoms with Gasteiger partial charge in [0, 0.05) is 28.3 Å². The fourth-order valence-electron chi connectivity index (χ4n) is 5.91. The summed E-state index contributed by atoms with van der Waals surface area (Å²) in [5.74, 6) is -1.31. The SMILES string of the molecule is N#CC1(C#N)C2=C(CCc3ccccc32)c2c(c(=O)oc3ccccc23)C1CC(=O)c1ccc(Cl)cc1. The predicted molar refractivity (Wildman–Crippen MR) is 141 cm³/mol. The summed E-state index contributed by atoms with van der Waals surface area (Å²) in [6, 6.07) is 26.0. The third-order valence-corrected chi connectivity index (χ3v) is 7.81. The molecule has 4 aromatic rings. The van der Waals surface area contributed by atoms with Crippen LogP contribution in [-0.4, -0.2) is 5.78 Å². The van der Waals surface area contributed by atoms with Gasteiger partial charge in [0.15, 0.2) is 11.2 Å². The van der Waals surface area contributed by atoms with E-state index in [1.54, 1.807) is 36.4 Å². The highest BCUT2D eigenvalue weighted by molar-refractivity contribution is 6.30. The van der Waals surface area contributed by atoms with Gasteiger partial charge in [-0.15, -0.1) is 0 Å². The van der Waals surface area contributed by atoms with E-state index in [9.17, 15) is 20.1 Å². The molecule has 0 aliphatic heterocycles. The average molecular weight is 503 g/mol. The number of aryl methyl sites for hydroxylation is 1. The van der Waals surface area contributed by atoms with E-state index in [1.165, 1.54) is 0 Å². The molecule has 6 heteroatoms. The molecule has 0 fully saturated rings. The van der Waals surface area contributed by atoms with Crippen molar-refractivity contribution in [1.29, 1.82) is 10.5 Å². The second-order valence-corrected chi connectivity index (χ2v) is 9.84. The van der Waals surface area contributed by atoms with Gasteiger partial charge in [-0.25, -0.2) is 4.79 Å². The van der Waals surface area contributed by atoms with Gasteiger partial charge in [-0.2, -0.15) is 10.5 Å². The molecule has 5 nitrogen and oxygen atoms in total. The van der Waals surface area contributed by atoms with Crippen LogP contribution in [-0.2, 0) is 6.42 Å². The Morgan fingerprint density at radius 1 is 0.973 bits per heavy atom. The number of carbonyl (C=O) groups is 1. The van der Waals surface area contributed by atoms with E-state index in [-0.39, 0.29) is 17.8 Å². The molecule has 0 radical (unpaired) electrons. The lowest BCUT2D eigenvalue weighted by Crippen LogP contribution is -2.38. The number of hydrogen-bond donors (Lipinski definition) is 0. The van der Waals surface area contributed by atoms with Gasteiger partial charge >= 0.3 is 5.63 Å². The van der Waals surface area contributed by atoms with Crippen LogP contribution in [0.3, 0.4) is 0 Å². The molecule has 0 saturated carbocycles. The van der Waals surface area contributed by atoms with Crippen LogP contribution in [0, 0.1) is 28.1 Å². The summed E-state index contributed by atoms with van der Waals surface area (Å²) in [6.07, 6.45) is 1.07. The Bertz CT molecular complexity index is 1770. The minimum atomic E-state index is -1.75. The number of rotatable bonds is 3. The zero-order valence-electron chi connectivity index (χ0n) is 19.6. The van der Waals surface area contributed by atoms with E-state index in [2.05, 4.69) is 12.1 Å². The van der Waals surface area contributed by atoms with Crippen LogP contribution < -0.4 is 5.63 Å². The zero-order chi connectivity index (χ0) is 25.7. The van der Waals surface area contributed by atoms with Crippen LogP contribution >= 0.6 is 11.6 Å². The maximum atomic E-state index is 13.6. The largest absolute Gasteiger partial charge is 0.422 e. The molecule has 178 valence electrons. The minimum absolute atomic E-state index is 0.211. The number of nitrogens with zero attached hydrogens (tertiary/aromatic N) is 2. The molecule has 1 aromatic heterocycles. The van der Waals surface area contributed by atoms with Gasteiger partial charge in [0.25, 0.3) is 0 Å². The fourth-order valence-corrected chi connectivity index (χ4v) is 6.04. The number of benzene rings is 3. The van der Waals surface area contributed by atoms with Crippen LogP contribution in [0.25, 0.3) is 22.1 Å². The lowest BCUT2D eigenvalue weighted by Gasteiger charge is -2.41. The molecule has 0 amide bonds.